The fourth-order valence-electron chi connectivity index (χ4n) is 3.05. The number of thioether (sulfide) groups is 1. The predicted molar refractivity (Wildman–Crippen MR) is 148 cm³/mol. The highest BCUT2D eigenvalue weighted by atomic mass is 127. The van der Waals surface area contributed by atoms with E-state index in [1.165, 1.54) is 23.9 Å². The Morgan fingerprint density at radius 3 is 2.55 bits per heavy atom. The number of benzene rings is 1. The van der Waals surface area contributed by atoms with Gasteiger partial charge < -0.3 is 10.6 Å². The van der Waals surface area contributed by atoms with E-state index in [1.807, 2.05) is 45.2 Å². The van der Waals surface area contributed by atoms with Crippen molar-refractivity contribution in [3.8, 4) is 12.3 Å². The Labute approximate surface area is 211 Å². The second-order valence-electron chi connectivity index (χ2n) is 6.45. The molecular weight excluding hydrogens is 569 g/mol. The molecule has 0 fully saturated rings. The van der Waals surface area contributed by atoms with E-state index >= 15 is 0 Å². The number of aryl methyl sites for hydroxylation is 1. The van der Waals surface area contributed by atoms with Crippen molar-refractivity contribution in [2.45, 2.75) is 25.7 Å². The Morgan fingerprint density at radius 2 is 1.85 bits per heavy atom. The van der Waals surface area contributed by atoms with E-state index in [1.54, 1.807) is 12.1 Å². The number of halogens is 2. The SMILES string of the molecule is C#Cc1cccc(Nc2cc(Nc3ccc(F)cc3SC)c3nc(C)n(PI)c3n2)n1.CC. The van der Waals surface area contributed by atoms with Crippen LogP contribution in [-0.2, 0) is 0 Å². The average molecular weight is 592 g/mol. The summed E-state index contributed by atoms with van der Waals surface area (Å²) in [6, 6.07) is 12.0. The molecule has 4 aromatic rings. The Balaban J connectivity index is 0.00000149. The van der Waals surface area contributed by atoms with E-state index in [4.69, 9.17) is 16.4 Å². The second kappa shape index (κ2) is 11.6. The first kappa shape index (κ1) is 25.2. The molecule has 10 heteroatoms. The number of fused-ring (bicyclic) bond motifs is 1. The van der Waals surface area contributed by atoms with Gasteiger partial charge in [-0.05, 0) is 65.6 Å². The van der Waals surface area contributed by atoms with Gasteiger partial charge in [-0.15, -0.1) is 18.2 Å². The van der Waals surface area contributed by atoms with Crippen molar-refractivity contribution < 1.29 is 4.39 Å². The zero-order valence-electron chi connectivity index (χ0n) is 18.6. The van der Waals surface area contributed by atoms with Crippen molar-refractivity contribution in [3.63, 3.8) is 0 Å². The molecule has 6 nitrogen and oxygen atoms in total. The lowest BCUT2D eigenvalue weighted by atomic mass is 10.2. The quantitative estimate of drug-likeness (QED) is 0.106. The van der Waals surface area contributed by atoms with E-state index in [0.29, 0.717) is 23.7 Å². The number of aromatic nitrogens is 4. The van der Waals surface area contributed by atoms with Crippen molar-refractivity contribution in [2.75, 3.05) is 16.9 Å². The lowest BCUT2D eigenvalue weighted by Gasteiger charge is -2.13. The molecule has 1 unspecified atom stereocenters. The number of imidazole rings is 1. The fourth-order valence-corrected chi connectivity index (χ4v) is 5.76. The van der Waals surface area contributed by atoms with Gasteiger partial charge in [-0.25, -0.2) is 19.3 Å². The molecule has 0 amide bonds. The highest BCUT2D eigenvalue weighted by Gasteiger charge is 2.16. The minimum Gasteiger partial charge on any atom is -0.353 e. The van der Waals surface area contributed by atoms with E-state index in [9.17, 15) is 4.39 Å². The number of hydrogen-bond donors (Lipinski definition) is 2. The first-order valence-electron chi connectivity index (χ1n) is 10.1. The van der Waals surface area contributed by atoms with Crippen LogP contribution in [0.4, 0.5) is 27.4 Å². The second-order valence-corrected chi connectivity index (χ2v) is 9.36. The van der Waals surface area contributed by atoms with E-state index < -0.39 is 0 Å². The molecule has 170 valence electrons. The normalized spacial score (nSPS) is 10.7. The summed E-state index contributed by atoms with van der Waals surface area (Å²) in [5.41, 5.74) is 3.59. The number of rotatable bonds is 6. The first-order chi connectivity index (χ1) is 16.0. The number of terminal acetylenes is 1. The Kier molecular flexibility index (Phi) is 8.89. The van der Waals surface area contributed by atoms with Crippen LogP contribution in [0.3, 0.4) is 0 Å². The Bertz CT molecular complexity index is 1320. The van der Waals surface area contributed by atoms with Gasteiger partial charge in [0.05, 0.1) is 17.7 Å². The van der Waals surface area contributed by atoms with E-state index in [2.05, 4.69) is 47.9 Å². The maximum atomic E-state index is 13.7. The maximum absolute atomic E-state index is 13.7. The Morgan fingerprint density at radius 1 is 1.06 bits per heavy atom. The molecule has 0 saturated heterocycles. The lowest BCUT2D eigenvalue weighted by molar-refractivity contribution is 0.624. The molecule has 1 aromatic carbocycles. The van der Waals surface area contributed by atoms with E-state index in [0.717, 1.165) is 33.3 Å². The van der Waals surface area contributed by atoms with Crippen LogP contribution in [0.5, 0.6) is 0 Å². The summed E-state index contributed by atoms with van der Waals surface area (Å²) < 4.78 is 15.8. The highest BCUT2D eigenvalue weighted by Crippen LogP contribution is 2.37. The van der Waals surface area contributed by atoms with Gasteiger partial charge in [0.1, 0.15) is 34.5 Å². The molecule has 3 aromatic heterocycles. The van der Waals surface area contributed by atoms with Crippen LogP contribution < -0.4 is 10.6 Å². The van der Waals surface area contributed by atoms with Crippen LogP contribution in [0.1, 0.15) is 25.4 Å². The van der Waals surface area contributed by atoms with Crippen molar-refractivity contribution >= 4 is 74.4 Å². The van der Waals surface area contributed by atoms with Gasteiger partial charge in [0, 0.05) is 11.0 Å². The average Bonchev–Trinajstić information content (AvgIpc) is 3.16. The summed E-state index contributed by atoms with van der Waals surface area (Å²) in [5.74, 6) is 4.32. The number of nitrogens with one attached hydrogen (secondary N) is 2. The van der Waals surface area contributed by atoms with Gasteiger partial charge in [0.25, 0.3) is 0 Å². The van der Waals surface area contributed by atoms with Gasteiger partial charge in [-0.1, -0.05) is 25.8 Å². The molecule has 0 radical (unpaired) electrons. The van der Waals surface area contributed by atoms with Crippen LogP contribution in [0.2, 0.25) is 0 Å². The van der Waals surface area contributed by atoms with Gasteiger partial charge in [0.2, 0.25) is 0 Å². The van der Waals surface area contributed by atoms with Crippen LogP contribution in [0, 0.1) is 25.1 Å². The van der Waals surface area contributed by atoms with Gasteiger partial charge >= 0.3 is 0 Å². The number of nitrogens with zero attached hydrogens (tertiary/aromatic N) is 4. The molecule has 0 aliphatic rings. The van der Waals surface area contributed by atoms with Gasteiger partial charge in [0.15, 0.2) is 5.65 Å². The monoisotopic (exact) mass is 592 g/mol. The third kappa shape index (κ3) is 5.75. The Hall–Kier alpha value is -2.41. The van der Waals surface area contributed by atoms with Crippen LogP contribution in [0.15, 0.2) is 47.4 Å². The topological polar surface area (TPSA) is 67.7 Å². The summed E-state index contributed by atoms with van der Waals surface area (Å²) in [6.07, 6.45) is 7.82. The summed E-state index contributed by atoms with van der Waals surface area (Å²) in [4.78, 5) is 14.7. The molecule has 0 aliphatic carbocycles. The zero-order chi connectivity index (χ0) is 24.0. The third-order valence-electron chi connectivity index (χ3n) is 4.45. The van der Waals surface area contributed by atoms with Crippen molar-refractivity contribution in [1.29, 1.82) is 0 Å². The predicted octanol–water partition coefficient (Wildman–Crippen LogP) is 7.28. The largest absolute Gasteiger partial charge is 0.353 e. The van der Waals surface area contributed by atoms with Gasteiger partial charge in [-0.2, -0.15) is 0 Å². The van der Waals surface area contributed by atoms with Crippen LogP contribution >= 0.6 is 40.2 Å². The minimum absolute atomic E-state index is 0.275. The molecule has 0 bridgehead atoms. The molecule has 1 atom stereocenters. The van der Waals surface area contributed by atoms with Crippen LogP contribution in [-0.4, -0.2) is 25.5 Å². The summed E-state index contributed by atoms with van der Waals surface area (Å²) in [5, 5.41) is 6.64. The van der Waals surface area contributed by atoms with Gasteiger partial charge in [-0.3, -0.25) is 4.34 Å². The number of hydrogen-bond acceptors (Lipinski definition) is 6. The minimum atomic E-state index is -0.275. The van der Waals surface area contributed by atoms with Crippen molar-refractivity contribution in [1.82, 2.24) is 19.3 Å². The summed E-state index contributed by atoms with van der Waals surface area (Å²) in [7, 11) is 0. The first-order valence-corrected chi connectivity index (χ1v) is 15.4. The molecule has 0 spiro atoms. The smallest absolute Gasteiger partial charge is 0.168 e. The molecule has 2 N–H and O–H groups in total. The maximum Gasteiger partial charge on any atom is 0.168 e. The van der Waals surface area contributed by atoms with Crippen molar-refractivity contribution in [2.24, 2.45) is 0 Å². The number of pyridine rings is 2. The highest BCUT2D eigenvalue weighted by molar-refractivity contribution is 14.2. The molecule has 4 rings (SSSR count). The van der Waals surface area contributed by atoms with Crippen molar-refractivity contribution in [3.05, 3.63) is 59.8 Å². The molecule has 0 aliphatic heterocycles. The third-order valence-corrected chi connectivity index (χ3v) is 7.38. The molecule has 0 saturated carbocycles. The number of anilines is 4. The van der Waals surface area contributed by atoms with E-state index in [-0.39, 0.29) is 5.82 Å². The standard InChI is InChI=1S/C21H17FIN6PS.C2H6/c1-4-14-6-5-7-18(25-14)27-19-11-16(20-21(28-19)29(30-23)12(2)24-20)26-15-9-8-13(22)10-17(15)31-3;1-2/h1,5-11,30H,2-3H3,(H2,25,26,27,28);1-2H3. The fraction of sp³-hybridized carbons (Fsp3) is 0.174. The summed E-state index contributed by atoms with van der Waals surface area (Å²) in [6.45, 7) is 5.95. The lowest BCUT2D eigenvalue weighted by Crippen LogP contribution is -2.01. The molecule has 3 heterocycles. The zero-order valence-corrected chi connectivity index (χ0v) is 22.5. The molecule has 33 heavy (non-hydrogen) atoms. The van der Waals surface area contributed by atoms with Crippen LogP contribution in [0.25, 0.3) is 11.2 Å². The molecular formula is C23H23FIN6PS. The summed E-state index contributed by atoms with van der Waals surface area (Å²) >= 11 is 3.78.